The molecule has 2 aromatic carbocycles. The number of anilines is 1. The SMILES string of the molecule is CCCCNC(=O)c1ccccc1NC(=S)NC(=O)Cc1ccc(OC)cc1. The second kappa shape index (κ2) is 11.0. The second-order valence-corrected chi connectivity index (χ2v) is 6.59. The molecule has 2 amide bonds. The van der Waals surface area contributed by atoms with Crippen LogP contribution in [0.2, 0.25) is 0 Å². The number of hydrogen-bond donors (Lipinski definition) is 3. The van der Waals surface area contributed by atoms with E-state index in [-0.39, 0.29) is 23.3 Å². The lowest BCUT2D eigenvalue weighted by Gasteiger charge is -2.13. The van der Waals surface area contributed by atoms with Gasteiger partial charge in [-0.3, -0.25) is 9.59 Å². The molecular formula is C21H25N3O3S. The van der Waals surface area contributed by atoms with E-state index in [0.29, 0.717) is 17.8 Å². The number of carbonyl (C=O) groups is 2. The largest absolute Gasteiger partial charge is 0.497 e. The Hall–Kier alpha value is -2.93. The van der Waals surface area contributed by atoms with E-state index in [1.54, 1.807) is 43.5 Å². The Labute approximate surface area is 170 Å². The zero-order chi connectivity index (χ0) is 20.4. The Bertz CT molecular complexity index is 822. The van der Waals surface area contributed by atoms with Crippen LogP contribution in [0.5, 0.6) is 5.75 Å². The van der Waals surface area contributed by atoms with Crippen LogP contribution in [0.15, 0.2) is 48.5 Å². The summed E-state index contributed by atoms with van der Waals surface area (Å²) in [4.78, 5) is 24.6. The van der Waals surface area contributed by atoms with Gasteiger partial charge in [0.1, 0.15) is 5.75 Å². The Morgan fingerprint density at radius 2 is 1.79 bits per heavy atom. The number of carbonyl (C=O) groups excluding carboxylic acids is 2. The summed E-state index contributed by atoms with van der Waals surface area (Å²) in [6, 6.07) is 14.3. The molecule has 0 aliphatic heterocycles. The number of amides is 2. The normalized spacial score (nSPS) is 10.1. The van der Waals surface area contributed by atoms with E-state index in [1.807, 2.05) is 12.1 Å². The highest BCUT2D eigenvalue weighted by Crippen LogP contribution is 2.15. The Morgan fingerprint density at radius 3 is 2.46 bits per heavy atom. The molecule has 0 aromatic heterocycles. The van der Waals surface area contributed by atoms with Crippen molar-refractivity contribution in [2.24, 2.45) is 0 Å². The van der Waals surface area contributed by atoms with Gasteiger partial charge in [-0.2, -0.15) is 0 Å². The molecule has 28 heavy (non-hydrogen) atoms. The Balaban J connectivity index is 1.93. The molecule has 0 atom stereocenters. The van der Waals surface area contributed by atoms with Crippen LogP contribution < -0.4 is 20.7 Å². The van der Waals surface area contributed by atoms with Gasteiger partial charge in [0.05, 0.1) is 24.8 Å². The van der Waals surface area contributed by atoms with Crippen molar-refractivity contribution in [2.75, 3.05) is 19.0 Å². The summed E-state index contributed by atoms with van der Waals surface area (Å²) in [6.07, 6.45) is 2.11. The van der Waals surface area contributed by atoms with Gasteiger partial charge in [0.25, 0.3) is 5.91 Å². The molecule has 148 valence electrons. The lowest BCUT2D eigenvalue weighted by Crippen LogP contribution is -2.36. The molecule has 0 saturated carbocycles. The highest BCUT2D eigenvalue weighted by molar-refractivity contribution is 7.80. The van der Waals surface area contributed by atoms with Crippen LogP contribution in [-0.4, -0.2) is 30.6 Å². The van der Waals surface area contributed by atoms with Crippen molar-refractivity contribution in [3.8, 4) is 5.75 Å². The number of benzene rings is 2. The average molecular weight is 400 g/mol. The predicted molar refractivity (Wildman–Crippen MR) is 115 cm³/mol. The fraction of sp³-hybridized carbons (Fsp3) is 0.286. The summed E-state index contributed by atoms with van der Waals surface area (Å²) in [5.41, 5.74) is 1.87. The topological polar surface area (TPSA) is 79.5 Å². The summed E-state index contributed by atoms with van der Waals surface area (Å²) >= 11 is 5.23. The zero-order valence-electron chi connectivity index (χ0n) is 16.1. The fourth-order valence-corrected chi connectivity index (χ4v) is 2.74. The number of methoxy groups -OCH3 is 1. The minimum atomic E-state index is -0.243. The maximum atomic E-state index is 12.3. The molecule has 0 unspecified atom stereocenters. The lowest BCUT2D eigenvalue weighted by molar-refractivity contribution is -0.119. The van der Waals surface area contributed by atoms with Crippen LogP contribution in [-0.2, 0) is 11.2 Å². The molecule has 0 aliphatic carbocycles. The smallest absolute Gasteiger partial charge is 0.253 e. The van der Waals surface area contributed by atoms with Crippen molar-refractivity contribution in [3.63, 3.8) is 0 Å². The monoisotopic (exact) mass is 399 g/mol. The third kappa shape index (κ3) is 6.66. The summed E-state index contributed by atoms with van der Waals surface area (Å²) < 4.78 is 5.10. The van der Waals surface area contributed by atoms with Gasteiger partial charge < -0.3 is 20.7 Å². The van der Waals surface area contributed by atoms with Crippen molar-refractivity contribution in [1.82, 2.24) is 10.6 Å². The molecule has 3 N–H and O–H groups in total. The summed E-state index contributed by atoms with van der Waals surface area (Å²) in [7, 11) is 1.59. The maximum absolute atomic E-state index is 12.3. The number of rotatable bonds is 8. The van der Waals surface area contributed by atoms with E-state index in [1.165, 1.54) is 0 Å². The van der Waals surface area contributed by atoms with Crippen molar-refractivity contribution >= 4 is 34.8 Å². The molecule has 6 nitrogen and oxygen atoms in total. The van der Waals surface area contributed by atoms with Crippen molar-refractivity contribution in [1.29, 1.82) is 0 Å². The molecule has 0 radical (unpaired) electrons. The lowest BCUT2D eigenvalue weighted by atomic mass is 10.1. The highest BCUT2D eigenvalue weighted by Gasteiger charge is 2.12. The van der Waals surface area contributed by atoms with Crippen LogP contribution in [0.3, 0.4) is 0 Å². The van der Waals surface area contributed by atoms with Crippen LogP contribution >= 0.6 is 12.2 Å². The van der Waals surface area contributed by atoms with E-state index >= 15 is 0 Å². The van der Waals surface area contributed by atoms with Crippen LogP contribution in [0.1, 0.15) is 35.7 Å². The fourth-order valence-electron chi connectivity index (χ4n) is 2.52. The Kier molecular flexibility index (Phi) is 8.42. The first kappa shape index (κ1) is 21.4. The minimum absolute atomic E-state index is 0.146. The molecule has 0 fully saturated rings. The van der Waals surface area contributed by atoms with E-state index in [2.05, 4.69) is 22.9 Å². The molecule has 0 saturated heterocycles. The van der Waals surface area contributed by atoms with Crippen LogP contribution in [0, 0.1) is 0 Å². The molecule has 0 bridgehead atoms. The van der Waals surface area contributed by atoms with Gasteiger partial charge in [-0.25, -0.2) is 0 Å². The first-order chi connectivity index (χ1) is 13.5. The average Bonchev–Trinajstić information content (AvgIpc) is 2.69. The molecule has 2 aromatic rings. The van der Waals surface area contributed by atoms with Gasteiger partial charge in [-0.1, -0.05) is 37.6 Å². The highest BCUT2D eigenvalue weighted by atomic mass is 32.1. The molecule has 0 heterocycles. The number of nitrogens with one attached hydrogen (secondary N) is 3. The van der Waals surface area contributed by atoms with Crippen molar-refractivity contribution in [3.05, 3.63) is 59.7 Å². The molecular weight excluding hydrogens is 374 g/mol. The van der Waals surface area contributed by atoms with Crippen LogP contribution in [0.25, 0.3) is 0 Å². The number of thiocarbonyl (C=S) groups is 1. The van der Waals surface area contributed by atoms with Gasteiger partial charge in [0.2, 0.25) is 5.91 Å². The quantitative estimate of drug-likeness (QED) is 0.469. The number of hydrogen-bond acceptors (Lipinski definition) is 4. The number of ether oxygens (including phenoxy) is 1. The van der Waals surface area contributed by atoms with E-state index in [9.17, 15) is 9.59 Å². The summed E-state index contributed by atoms with van der Waals surface area (Å²) in [5, 5.41) is 8.60. The third-order valence-electron chi connectivity index (χ3n) is 4.01. The van der Waals surface area contributed by atoms with E-state index < -0.39 is 0 Å². The van der Waals surface area contributed by atoms with E-state index in [4.69, 9.17) is 17.0 Å². The van der Waals surface area contributed by atoms with Gasteiger partial charge in [-0.15, -0.1) is 0 Å². The zero-order valence-corrected chi connectivity index (χ0v) is 16.9. The molecule has 0 spiro atoms. The van der Waals surface area contributed by atoms with Gasteiger partial charge in [0, 0.05) is 6.54 Å². The first-order valence-corrected chi connectivity index (χ1v) is 9.55. The van der Waals surface area contributed by atoms with Crippen LogP contribution in [0.4, 0.5) is 5.69 Å². The first-order valence-electron chi connectivity index (χ1n) is 9.14. The second-order valence-electron chi connectivity index (χ2n) is 6.18. The summed E-state index contributed by atoms with van der Waals surface area (Å²) in [6.45, 7) is 2.68. The third-order valence-corrected chi connectivity index (χ3v) is 4.22. The minimum Gasteiger partial charge on any atom is -0.497 e. The van der Waals surface area contributed by atoms with Crippen molar-refractivity contribution < 1.29 is 14.3 Å². The molecule has 2 rings (SSSR count). The number of para-hydroxylation sites is 1. The van der Waals surface area contributed by atoms with Gasteiger partial charge >= 0.3 is 0 Å². The standard InChI is InChI=1S/C21H25N3O3S/c1-3-4-13-22-20(26)17-7-5-6-8-18(17)23-21(28)24-19(25)14-15-9-11-16(27-2)12-10-15/h5-12H,3-4,13-14H2,1-2H3,(H,22,26)(H2,23,24,25,28). The molecule has 7 heteroatoms. The predicted octanol–water partition coefficient (Wildman–Crippen LogP) is 3.28. The molecule has 0 aliphatic rings. The maximum Gasteiger partial charge on any atom is 0.253 e. The van der Waals surface area contributed by atoms with Gasteiger partial charge in [0.15, 0.2) is 5.11 Å². The Morgan fingerprint density at radius 1 is 1.07 bits per heavy atom. The summed E-state index contributed by atoms with van der Waals surface area (Å²) in [5.74, 6) is 0.312. The number of unbranched alkanes of at least 4 members (excludes halogenated alkanes) is 1. The van der Waals surface area contributed by atoms with Gasteiger partial charge in [-0.05, 0) is 48.5 Å². The van der Waals surface area contributed by atoms with Crippen molar-refractivity contribution in [2.45, 2.75) is 26.2 Å². The van der Waals surface area contributed by atoms with E-state index in [0.717, 1.165) is 24.2 Å².